The number of aromatic nitrogens is 3. The number of halogens is 3. The number of hydrogen-bond donors (Lipinski definition) is 1. The van der Waals surface area contributed by atoms with Gasteiger partial charge in [-0.05, 0) is 105 Å². The maximum Gasteiger partial charge on any atom is 0.139 e. The highest BCUT2D eigenvalue weighted by Crippen LogP contribution is 2.40. The molecule has 1 atom stereocenters. The average Bonchev–Trinajstić information content (AvgIpc) is 3.74. The van der Waals surface area contributed by atoms with Crippen molar-refractivity contribution in [1.82, 2.24) is 13.8 Å². The first-order valence-electron chi connectivity index (χ1n) is 16.2. The van der Waals surface area contributed by atoms with Crippen molar-refractivity contribution >= 4 is 50.5 Å². The monoisotopic (exact) mass is 770 g/mol. The number of benzene rings is 4. The highest BCUT2D eigenvalue weighted by Gasteiger charge is 2.21. The van der Waals surface area contributed by atoms with Gasteiger partial charge >= 0.3 is 0 Å². The van der Waals surface area contributed by atoms with Crippen LogP contribution in [0.25, 0.3) is 22.2 Å². The molecule has 2 N–H and O–H groups in total. The molecule has 2 heterocycles. The smallest absolute Gasteiger partial charge is 0.139 e. The minimum Gasteiger partial charge on any atom is -0.380 e. The summed E-state index contributed by atoms with van der Waals surface area (Å²) in [6.07, 6.45) is 10.0. The van der Waals surface area contributed by atoms with Gasteiger partial charge in [0.2, 0.25) is 0 Å². The van der Waals surface area contributed by atoms with Crippen LogP contribution >= 0.6 is 39.6 Å². The second-order valence-corrected chi connectivity index (χ2v) is 15.8. The fraction of sp³-hybridized carbons (Fsp3) is 0.225. The zero-order valence-corrected chi connectivity index (χ0v) is 31.2. The Bertz CT molecular complexity index is 2170. The molecule has 0 aliphatic rings. The van der Waals surface area contributed by atoms with Crippen molar-refractivity contribution in [3.63, 3.8) is 0 Å². The fourth-order valence-electron chi connectivity index (χ4n) is 5.65. The minimum atomic E-state index is -0.418. The SMILES string of the molecule is C#CC(C)(C)COCCC(c1cccc(Br)c1)n1ccc(-c2cc(Sc3c(F)cc4c(ccn4Sc4ccc(C)cc4)c3CN)ccc2F)n1. The zero-order valence-electron chi connectivity index (χ0n) is 28.0. The second kappa shape index (κ2) is 15.6. The largest absolute Gasteiger partial charge is 0.380 e. The molecule has 10 heteroatoms. The summed E-state index contributed by atoms with van der Waals surface area (Å²) in [5, 5.41) is 5.72. The van der Waals surface area contributed by atoms with E-state index in [1.807, 2.05) is 84.3 Å². The van der Waals surface area contributed by atoms with Crippen LogP contribution in [0.1, 0.15) is 43.0 Å². The molecule has 6 rings (SSSR count). The molecule has 0 fully saturated rings. The summed E-state index contributed by atoms with van der Waals surface area (Å²) in [7, 11) is 0. The number of ether oxygens (including phenoxy) is 1. The van der Waals surface area contributed by atoms with Crippen LogP contribution in [0, 0.1) is 36.3 Å². The number of aryl methyl sites for hydroxylation is 1. The first-order valence-corrected chi connectivity index (χ1v) is 18.5. The number of fused-ring (bicyclic) bond motifs is 1. The van der Waals surface area contributed by atoms with Gasteiger partial charge in [0.25, 0.3) is 0 Å². The third-order valence-electron chi connectivity index (χ3n) is 8.38. The molecule has 5 nitrogen and oxygen atoms in total. The van der Waals surface area contributed by atoms with Gasteiger partial charge in [-0.25, -0.2) is 8.78 Å². The number of terminal acetylenes is 1. The normalized spacial score (nSPS) is 12.4. The molecule has 0 saturated heterocycles. The average molecular weight is 772 g/mol. The molecule has 4 aromatic carbocycles. The van der Waals surface area contributed by atoms with E-state index in [4.69, 9.17) is 22.0 Å². The molecular formula is C40H37BrF2N4OS2. The number of rotatable bonds is 13. The molecule has 0 aliphatic heterocycles. The molecule has 256 valence electrons. The third kappa shape index (κ3) is 8.20. The van der Waals surface area contributed by atoms with Crippen molar-refractivity contribution in [2.75, 3.05) is 13.2 Å². The van der Waals surface area contributed by atoms with E-state index >= 15 is 8.78 Å². The van der Waals surface area contributed by atoms with E-state index in [1.165, 1.54) is 35.3 Å². The van der Waals surface area contributed by atoms with Crippen molar-refractivity contribution in [2.24, 2.45) is 11.1 Å². The Morgan fingerprint density at radius 3 is 2.50 bits per heavy atom. The van der Waals surface area contributed by atoms with Crippen molar-refractivity contribution in [3.8, 4) is 23.6 Å². The lowest BCUT2D eigenvalue weighted by atomic mass is 9.96. The molecule has 50 heavy (non-hydrogen) atoms. The van der Waals surface area contributed by atoms with Crippen LogP contribution in [-0.4, -0.2) is 27.0 Å². The van der Waals surface area contributed by atoms with E-state index in [9.17, 15) is 0 Å². The summed E-state index contributed by atoms with van der Waals surface area (Å²) >= 11 is 6.33. The van der Waals surface area contributed by atoms with Gasteiger partial charge in [0, 0.05) is 62.2 Å². The van der Waals surface area contributed by atoms with Gasteiger partial charge in [0.15, 0.2) is 0 Å². The van der Waals surface area contributed by atoms with E-state index in [0.717, 1.165) is 25.8 Å². The highest BCUT2D eigenvalue weighted by molar-refractivity contribution is 9.10. The van der Waals surface area contributed by atoms with Crippen molar-refractivity contribution in [3.05, 3.63) is 130 Å². The van der Waals surface area contributed by atoms with Gasteiger partial charge in [0.1, 0.15) is 11.6 Å². The molecule has 0 bridgehead atoms. The van der Waals surface area contributed by atoms with Gasteiger partial charge in [-0.15, -0.1) is 6.42 Å². The molecule has 0 saturated carbocycles. The van der Waals surface area contributed by atoms with Crippen LogP contribution in [0.5, 0.6) is 0 Å². The summed E-state index contributed by atoms with van der Waals surface area (Å²) in [6.45, 7) is 7.02. The first kappa shape index (κ1) is 36.0. The molecular weight excluding hydrogens is 735 g/mol. The lowest BCUT2D eigenvalue weighted by molar-refractivity contribution is 0.0798. The first-order chi connectivity index (χ1) is 24.0. The summed E-state index contributed by atoms with van der Waals surface area (Å²) < 4.78 is 42.0. The zero-order chi connectivity index (χ0) is 35.4. The Balaban J connectivity index is 1.27. The van der Waals surface area contributed by atoms with Crippen LogP contribution < -0.4 is 5.73 Å². The van der Waals surface area contributed by atoms with E-state index in [2.05, 4.69) is 34.0 Å². The topological polar surface area (TPSA) is 58.0 Å². The lowest BCUT2D eigenvalue weighted by Gasteiger charge is -2.21. The molecule has 6 aromatic rings. The fourth-order valence-corrected chi connectivity index (χ4v) is 7.94. The predicted octanol–water partition coefficient (Wildman–Crippen LogP) is 10.7. The second-order valence-electron chi connectivity index (χ2n) is 12.7. The van der Waals surface area contributed by atoms with E-state index in [0.29, 0.717) is 46.2 Å². The quantitative estimate of drug-likeness (QED) is 0.0936. The van der Waals surface area contributed by atoms with Crippen LogP contribution in [0.3, 0.4) is 0 Å². The van der Waals surface area contributed by atoms with Crippen molar-refractivity contribution in [2.45, 2.75) is 54.5 Å². The van der Waals surface area contributed by atoms with E-state index in [-0.39, 0.29) is 23.8 Å². The van der Waals surface area contributed by atoms with Crippen LogP contribution in [0.4, 0.5) is 8.78 Å². The summed E-state index contributed by atoms with van der Waals surface area (Å²) in [5.41, 5.74) is 10.3. The van der Waals surface area contributed by atoms with E-state index in [1.54, 1.807) is 24.3 Å². The maximum absolute atomic E-state index is 15.9. The van der Waals surface area contributed by atoms with Crippen LogP contribution in [-0.2, 0) is 11.3 Å². The van der Waals surface area contributed by atoms with Crippen LogP contribution in [0.15, 0.2) is 116 Å². The third-order valence-corrected chi connectivity index (χ3v) is 11.0. The highest BCUT2D eigenvalue weighted by atomic mass is 79.9. The Morgan fingerprint density at radius 2 is 1.76 bits per heavy atom. The predicted molar refractivity (Wildman–Crippen MR) is 204 cm³/mol. The number of nitrogens with zero attached hydrogens (tertiary/aromatic N) is 3. The maximum atomic E-state index is 15.9. The van der Waals surface area contributed by atoms with Gasteiger partial charge in [-0.2, -0.15) is 5.10 Å². The van der Waals surface area contributed by atoms with Gasteiger partial charge in [-0.3, -0.25) is 8.65 Å². The Morgan fingerprint density at radius 1 is 0.980 bits per heavy atom. The summed E-state index contributed by atoms with van der Waals surface area (Å²) in [5.74, 6) is 1.96. The summed E-state index contributed by atoms with van der Waals surface area (Å²) in [6, 6.07) is 26.1. The molecule has 1 unspecified atom stereocenters. The Labute approximate surface area is 308 Å². The molecule has 2 aromatic heterocycles. The standard InChI is InChI=1S/C40H37BrF2N4OS2/c1-5-40(3,4)25-48-20-17-37(27-7-6-8-28(41)21-27)46-18-16-36(45-46)32-22-30(13-14-34(32)42)49-39-33(24-44)31-15-19-47(38(31)23-35(39)43)50-29-11-9-26(2)10-12-29/h1,6-16,18-19,21-23,37H,17,20,24-25,44H2,2-4H3. The minimum absolute atomic E-state index is 0.148. The number of nitrogens with two attached hydrogens (primary N) is 1. The Kier molecular flexibility index (Phi) is 11.2. The lowest BCUT2D eigenvalue weighted by Crippen LogP contribution is -2.19. The van der Waals surface area contributed by atoms with Gasteiger partial charge in [-0.1, -0.05) is 63.4 Å². The molecule has 0 spiro atoms. The van der Waals surface area contributed by atoms with Gasteiger partial charge in [0.05, 0.1) is 28.8 Å². The van der Waals surface area contributed by atoms with Gasteiger partial charge < -0.3 is 10.5 Å². The Hall–Kier alpha value is -3.85. The van der Waals surface area contributed by atoms with E-state index < -0.39 is 5.82 Å². The molecule has 0 amide bonds. The molecule has 0 radical (unpaired) electrons. The van der Waals surface area contributed by atoms with Crippen LogP contribution in [0.2, 0.25) is 0 Å². The number of hydrogen-bond acceptors (Lipinski definition) is 5. The summed E-state index contributed by atoms with van der Waals surface area (Å²) in [4.78, 5) is 2.14. The van der Waals surface area contributed by atoms with Crippen molar-refractivity contribution in [1.29, 1.82) is 0 Å². The molecule has 0 aliphatic carbocycles. The van der Waals surface area contributed by atoms with Crippen molar-refractivity contribution < 1.29 is 13.5 Å².